The summed E-state index contributed by atoms with van der Waals surface area (Å²) in [6, 6.07) is 20.5. The first kappa shape index (κ1) is 25.8. The second-order valence-corrected chi connectivity index (χ2v) is 10.0. The van der Waals surface area contributed by atoms with E-state index in [4.69, 9.17) is 19.7 Å². The van der Waals surface area contributed by atoms with E-state index in [1.807, 2.05) is 36.4 Å². The summed E-state index contributed by atoms with van der Waals surface area (Å²) in [6.45, 7) is 0.984. The van der Waals surface area contributed by atoms with Gasteiger partial charge in [-0.15, -0.1) is 0 Å². The van der Waals surface area contributed by atoms with E-state index in [2.05, 4.69) is 29.0 Å². The minimum atomic E-state index is -0.932. The Morgan fingerprint density at radius 1 is 1.17 bits per heavy atom. The van der Waals surface area contributed by atoms with Gasteiger partial charge in [-0.2, -0.15) is 10.4 Å². The molecule has 1 aliphatic rings. The number of thioether (sulfide) groups is 1. The van der Waals surface area contributed by atoms with Gasteiger partial charge in [-0.05, 0) is 48.8 Å². The number of aliphatic carboxylic acids is 1. The average molecular weight is 506 g/mol. The molecule has 0 bridgehead atoms. The number of carboxylic acids is 1. The van der Waals surface area contributed by atoms with Crippen LogP contribution in [-0.2, 0) is 16.1 Å². The molecule has 1 aliphatic carbocycles. The molecule has 188 valence electrons. The molecule has 0 saturated heterocycles. The Balaban J connectivity index is 1.70. The highest BCUT2D eigenvalue weighted by atomic mass is 32.2. The molecule has 0 radical (unpaired) electrons. The molecule has 36 heavy (non-hydrogen) atoms. The van der Waals surface area contributed by atoms with Gasteiger partial charge in [-0.1, -0.05) is 60.6 Å². The number of ether oxygens (including phenoxy) is 2. The number of aromatic nitrogens is 2. The van der Waals surface area contributed by atoms with E-state index in [9.17, 15) is 10.1 Å². The summed E-state index contributed by atoms with van der Waals surface area (Å²) in [5.41, 5.74) is 4.12. The summed E-state index contributed by atoms with van der Waals surface area (Å²) in [6.07, 6.45) is 4.22. The van der Waals surface area contributed by atoms with Crippen molar-refractivity contribution in [3.05, 3.63) is 54.6 Å². The first-order valence-electron chi connectivity index (χ1n) is 12.2. The molecule has 0 spiro atoms. The van der Waals surface area contributed by atoms with Crippen LogP contribution in [0.5, 0.6) is 5.75 Å². The van der Waals surface area contributed by atoms with Gasteiger partial charge in [0.25, 0.3) is 0 Å². The van der Waals surface area contributed by atoms with Crippen LogP contribution in [0.15, 0.2) is 59.6 Å². The fourth-order valence-electron chi connectivity index (χ4n) is 4.98. The zero-order chi connectivity index (χ0) is 25.3. The predicted octanol–water partition coefficient (Wildman–Crippen LogP) is 5.75. The molecule has 1 aromatic heterocycles. The summed E-state index contributed by atoms with van der Waals surface area (Å²) in [4.78, 5) is 10.8. The summed E-state index contributed by atoms with van der Waals surface area (Å²) < 4.78 is 13.0. The molecule has 0 aliphatic heterocycles. The smallest absolute Gasteiger partial charge is 0.329 e. The van der Waals surface area contributed by atoms with E-state index >= 15 is 0 Å². The van der Waals surface area contributed by atoms with Gasteiger partial charge in [0.05, 0.1) is 31.2 Å². The highest BCUT2D eigenvalue weighted by molar-refractivity contribution is 7.99. The van der Waals surface area contributed by atoms with E-state index in [0.717, 1.165) is 65.4 Å². The van der Waals surface area contributed by atoms with Gasteiger partial charge in [0.15, 0.2) is 0 Å². The van der Waals surface area contributed by atoms with E-state index in [-0.39, 0.29) is 6.61 Å². The summed E-state index contributed by atoms with van der Waals surface area (Å²) in [7, 11) is 1.66. The van der Waals surface area contributed by atoms with Gasteiger partial charge in [0, 0.05) is 17.7 Å². The molecule has 1 heterocycles. The maximum absolute atomic E-state index is 10.8. The molecule has 0 amide bonds. The molecule has 2 unspecified atom stereocenters. The Labute approximate surface area is 216 Å². The Bertz CT molecular complexity index is 1210. The zero-order valence-corrected chi connectivity index (χ0v) is 21.2. The fourth-order valence-corrected chi connectivity index (χ4v) is 5.70. The Morgan fingerprint density at radius 2 is 1.94 bits per heavy atom. The van der Waals surface area contributed by atoms with Crippen LogP contribution < -0.4 is 4.74 Å². The third-order valence-electron chi connectivity index (χ3n) is 6.50. The van der Waals surface area contributed by atoms with Crippen molar-refractivity contribution in [3.63, 3.8) is 0 Å². The monoisotopic (exact) mass is 505 g/mol. The summed E-state index contributed by atoms with van der Waals surface area (Å²) in [5, 5.41) is 24.0. The van der Waals surface area contributed by atoms with Crippen molar-refractivity contribution in [3.8, 4) is 34.2 Å². The number of benzene rings is 2. The molecular formula is C28H31N3O4S. The van der Waals surface area contributed by atoms with Crippen molar-refractivity contribution in [1.29, 1.82) is 5.26 Å². The van der Waals surface area contributed by atoms with Gasteiger partial charge in [0.2, 0.25) is 0 Å². The van der Waals surface area contributed by atoms with Crippen LogP contribution in [0, 0.1) is 23.2 Å². The first-order valence-corrected chi connectivity index (χ1v) is 13.2. The topological polar surface area (TPSA) is 97.4 Å². The lowest BCUT2D eigenvalue weighted by molar-refractivity contribution is -0.142. The molecule has 1 saturated carbocycles. The van der Waals surface area contributed by atoms with Crippen molar-refractivity contribution in [2.24, 2.45) is 11.8 Å². The Hall–Kier alpha value is -3.28. The lowest BCUT2D eigenvalue weighted by atomic mass is 9.81. The standard InChI is InChI=1S/C28H31N3O4S/c1-34-24-12-6-11-23(16-24)26-27(22-9-3-2-4-10-22)31(30-28(26)36-14-13-29)17-20-7-5-8-21(15-20)18-35-19-25(32)33/h2-4,6,9-12,16,20-21H,5,7-8,14-15,17-19H2,1H3,(H,32,33). The van der Waals surface area contributed by atoms with Crippen LogP contribution in [0.4, 0.5) is 0 Å². The van der Waals surface area contributed by atoms with Crippen LogP contribution in [0.1, 0.15) is 25.7 Å². The van der Waals surface area contributed by atoms with E-state index in [1.54, 1.807) is 7.11 Å². The maximum atomic E-state index is 10.8. The molecule has 4 rings (SSSR count). The number of methoxy groups -OCH3 is 1. The molecule has 1 N–H and O–H groups in total. The van der Waals surface area contributed by atoms with Gasteiger partial charge in [-0.25, -0.2) is 4.79 Å². The summed E-state index contributed by atoms with van der Waals surface area (Å²) in [5.74, 6) is 0.913. The van der Waals surface area contributed by atoms with Crippen LogP contribution in [0.25, 0.3) is 22.4 Å². The average Bonchev–Trinajstić information content (AvgIpc) is 3.25. The van der Waals surface area contributed by atoms with Crippen LogP contribution in [-0.4, -0.2) is 46.9 Å². The van der Waals surface area contributed by atoms with Gasteiger partial charge >= 0.3 is 5.97 Å². The van der Waals surface area contributed by atoms with E-state index in [1.165, 1.54) is 11.8 Å². The lowest BCUT2D eigenvalue weighted by Gasteiger charge is -2.29. The number of rotatable bonds is 11. The number of nitrogens with zero attached hydrogens (tertiary/aromatic N) is 3. The number of carboxylic acid groups (broad SMARTS) is 1. The number of hydrogen-bond donors (Lipinski definition) is 1. The molecular weight excluding hydrogens is 474 g/mol. The van der Waals surface area contributed by atoms with Crippen molar-refractivity contribution in [2.45, 2.75) is 37.3 Å². The molecule has 2 atom stereocenters. The van der Waals surface area contributed by atoms with E-state index in [0.29, 0.717) is 24.2 Å². The van der Waals surface area contributed by atoms with Crippen LogP contribution >= 0.6 is 11.8 Å². The molecule has 2 aromatic carbocycles. The minimum absolute atomic E-state index is 0.248. The second-order valence-electron chi connectivity index (χ2n) is 9.06. The molecule has 1 fully saturated rings. The van der Waals surface area contributed by atoms with Gasteiger partial charge in [0.1, 0.15) is 17.4 Å². The summed E-state index contributed by atoms with van der Waals surface area (Å²) >= 11 is 1.45. The molecule has 3 aromatic rings. The third kappa shape index (κ3) is 6.48. The maximum Gasteiger partial charge on any atom is 0.329 e. The third-order valence-corrected chi connectivity index (χ3v) is 7.33. The number of hydrogen-bond acceptors (Lipinski definition) is 6. The highest BCUT2D eigenvalue weighted by Crippen LogP contribution is 2.41. The number of nitriles is 1. The second kappa shape index (κ2) is 12.6. The van der Waals surface area contributed by atoms with Crippen LogP contribution in [0.3, 0.4) is 0 Å². The molecule has 7 nitrogen and oxygen atoms in total. The zero-order valence-electron chi connectivity index (χ0n) is 20.4. The fraction of sp³-hybridized carbons (Fsp3) is 0.393. The Morgan fingerprint density at radius 3 is 2.69 bits per heavy atom. The van der Waals surface area contributed by atoms with Crippen LogP contribution in [0.2, 0.25) is 0 Å². The van der Waals surface area contributed by atoms with Crippen molar-refractivity contribution in [2.75, 3.05) is 26.1 Å². The largest absolute Gasteiger partial charge is 0.497 e. The van der Waals surface area contributed by atoms with Crippen molar-refractivity contribution in [1.82, 2.24) is 9.78 Å². The van der Waals surface area contributed by atoms with Gasteiger partial charge < -0.3 is 14.6 Å². The SMILES string of the molecule is COc1cccc(-c2c(SCC#N)nn(CC3CCCC(COCC(=O)O)C3)c2-c2ccccc2)c1. The minimum Gasteiger partial charge on any atom is -0.497 e. The van der Waals surface area contributed by atoms with Crippen molar-refractivity contribution >= 4 is 17.7 Å². The van der Waals surface area contributed by atoms with Gasteiger partial charge in [-0.3, -0.25) is 4.68 Å². The highest BCUT2D eigenvalue weighted by Gasteiger charge is 2.27. The molecule has 8 heteroatoms. The normalized spacial score (nSPS) is 17.4. The quantitative estimate of drug-likeness (QED) is 0.331. The first-order chi connectivity index (χ1) is 17.6. The Kier molecular flexibility index (Phi) is 9.04. The lowest BCUT2D eigenvalue weighted by Crippen LogP contribution is -2.24. The van der Waals surface area contributed by atoms with Crippen molar-refractivity contribution < 1.29 is 19.4 Å². The number of carbonyl (C=O) groups is 1. The predicted molar refractivity (Wildman–Crippen MR) is 140 cm³/mol. The van der Waals surface area contributed by atoms with E-state index < -0.39 is 5.97 Å².